The van der Waals surface area contributed by atoms with Crippen molar-refractivity contribution in [3.63, 3.8) is 0 Å². The average molecular weight is 352 g/mol. The van der Waals surface area contributed by atoms with E-state index >= 15 is 0 Å². The van der Waals surface area contributed by atoms with Crippen LogP contribution in [0, 0.1) is 0 Å². The van der Waals surface area contributed by atoms with Crippen LogP contribution in [0.5, 0.6) is 0 Å². The highest BCUT2D eigenvalue weighted by Crippen LogP contribution is 2.23. The molecule has 1 heterocycles. The van der Waals surface area contributed by atoms with Crippen molar-refractivity contribution < 1.29 is 9.59 Å². The second kappa shape index (κ2) is 7.99. The number of thiophene rings is 1. The molecule has 2 aromatic rings. The molecule has 5 nitrogen and oxygen atoms in total. The molecule has 7 heteroatoms. The van der Waals surface area contributed by atoms with Gasteiger partial charge >= 0.3 is 6.03 Å². The van der Waals surface area contributed by atoms with E-state index in [0.29, 0.717) is 5.02 Å². The largest absolute Gasteiger partial charge is 0.352 e. The Morgan fingerprint density at radius 3 is 2.48 bits per heavy atom. The first kappa shape index (κ1) is 17.3. The number of benzene rings is 1. The summed E-state index contributed by atoms with van der Waals surface area (Å²) in [4.78, 5) is 24.3. The highest BCUT2D eigenvalue weighted by Gasteiger charge is 2.19. The highest BCUT2D eigenvalue weighted by molar-refractivity contribution is 7.10. The van der Waals surface area contributed by atoms with Gasteiger partial charge in [-0.2, -0.15) is 0 Å². The Balaban J connectivity index is 1.98. The van der Waals surface area contributed by atoms with Crippen LogP contribution in [0.15, 0.2) is 41.8 Å². The maximum atomic E-state index is 12.3. The van der Waals surface area contributed by atoms with E-state index in [-0.39, 0.29) is 18.4 Å². The lowest BCUT2D eigenvalue weighted by atomic mass is 10.1. The van der Waals surface area contributed by atoms with Crippen LogP contribution in [0.2, 0.25) is 5.02 Å². The molecule has 122 valence electrons. The molecule has 1 aromatic carbocycles. The number of primary amides is 1. The summed E-state index contributed by atoms with van der Waals surface area (Å²) in [6.45, 7) is 1.89. The van der Waals surface area contributed by atoms with E-state index in [9.17, 15) is 9.59 Å². The fourth-order valence-corrected chi connectivity index (χ4v) is 3.11. The molecule has 2 atom stereocenters. The van der Waals surface area contributed by atoms with E-state index in [1.54, 1.807) is 12.1 Å². The Hall–Kier alpha value is -2.05. The molecule has 0 bridgehead atoms. The van der Waals surface area contributed by atoms with Crippen molar-refractivity contribution in [3.8, 4) is 0 Å². The van der Waals surface area contributed by atoms with E-state index < -0.39 is 12.1 Å². The third-order valence-corrected chi connectivity index (χ3v) is 4.58. The molecule has 0 saturated carbocycles. The van der Waals surface area contributed by atoms with Crippen LogP contribution in [0.1, 0.15) is 35.9 Å². The van der Waals surface area contributed by atoms with E-state index in [2.05, 4.69) is 10.6 Å². The summed E-state index contributed by atoms with van der Waals surface area (Å²) in [5, 5.41) is 8.05. The highest BCUT2D eigenvalue weighted by atomic mass is 35.5. The summed E-state index contributed by atoms with van der Waals surface area (Å²) in [5.41, 5.74) is 6.15. The summed E-state index contributed by atoms with van der Waals surface area (Å²) < 4.78 is 0. The van der Waals surface area contributed by atoms with Crippen LogP contribution in [0.4, 0.5) is 4.79 Å². The maximum Gasteiger partial charge on any atom is 0.312 e. The van der Waals surface area contributed by atoms with Crippen molar-refractivity contribution >= 4 is 34.9 Å². The van der Waals surface area contributed by atoms with Crippen LogP contribution in [-0.2, 0) is 4.79 Å². The quantitative estimate of drug-likeness (QED) is 0.745. The van der Waals surface area contributed by atoms with Gasteiger partial charge in [0.05, 0.1) is 18.5 Å². The normalized spacial score (nSPS) is 13.1. The fraction of sp³-hybridized carbons (Fsp3) is 0.250. The lowest BCUT2D eigenvalue weighted by Gasteiger charge is -2.19. The van der Waals surface area contributed by atoms with Crippen LogP contribution in [0.3, 0.4) is 0 Å². The number of halogens is 1. The summed E-state index contributed by atoms with van der Waals surface area (Å²) >= 11 is 7.33. The minimum absolute atomic E-state index is 0.126. The fourth-order valence-electron chi connectivity index (χ4n) is 2.20. The molecule has 23 heavy (non-hydrogen) atoms. The zero-order chi connectivity index (χ0) is 16.8. The topological polar surface area (TPSA) is 84.2 Å². The summed E-state index contributed by atoms with van der Waals surface area (Å²) in [6.07, 6.45) is 0.126. The molecular weight excluding hydrogens is 334 g/mol. The van der Waals surface area contributed by atoms with Gasteiger partial charge in [-0.15, -0.1) is 11.3 Å². The number of carbonyl (C=O) groups excluding carboxylic acids is 2. The Morgan fingerprint density at radius 1 is 1.22 bits per heavy atom. The zero-order valence-electron chi connectivity index (χ0n) is 12.6. The third-order valence-electron chi connectivity index (χ3n) is 3.34. The van der Waals surface area contributed by atoms with Gasteiger partial charge in [0.1, 0.15) is 0 Å². The van der Waals surface area contributed by atoms with Crippen LogP contribution >= 0.6 is 22.9 Å². The van der Waals surface area contributed by atoms with E-state index in [0.717, 1.165) is 10.4 Å². The molecule has 0 aliphatic carbocycles. The molecule has 0 radical (unpaired) electrons. The second-order valence-electron chi connectivity index (χ2n) is 5.12. The minimum Gasteiger partial charge on any atom is -0.352 e. The van der Waals surface area contributed by atoms with Gasteiger partial charge in [-0.05, 0) is 36.1 Å². The van der Waals surface area contributed by atoms with E-state index in [1.165, 1.54) is 11.3 Å². The molecule has 2 rings (SSSR count). The maximum absolute atomic E-state index is 12.3. The first-order valence-corrected chi connectivity index (χ1v) is 8.35. The summed E-state index contributed by atoms with van der Waals surface area (Å²) in [7, 11) is 0. The van der Waals surface area contributed by atoms with Gasteiger partial charge < -0.3 is 16.4 Å². The SMILES string of the molecule is CC(NC(=O)CC(NC(N)=O)c1cccs1)c1ccc(Cl)cc1. The number of nitrogens with one attached hydrogen (secondary N) is 2. The van der Waals surface area contributed by atoms with Gasteiger partial charge in [0.2, 0.25) is 5.91 Å². The Morgan fingerprint density at radius 2 is 1.91 bits per heavy atom. The molecule has 0 aliphatic rings. The predicted octanol–water partition coefficient (Wildman–Crippen LogP) is 3.38. The third kappa shape index (κ3) is 5.26. The number of nitrogens with two attached hydrogens (primary N) is 1. The molecule has 0 fully saturated rings. The molecule has 2 unspecified atom stereocenters. The van der Waals surface area contributed by atoms with Crippen LogP contribution in [-0.4, -0.2) is 11.9 Å². The average Bonchev–Trinajstić information content (AvgIpc) is 3.00. The minimum atomic E-state index is -0.651. The van der Waals surface area contributed by atoms with Crippen molar-refractivity contribution in [2.75, 3.05) is 0 Å². The van der Waals surface area contributed by atoms with Gasteiger partial charge in [-0.25, -0.2) is 4.79 Å². The molecule has 0 saturated heterocycles. The number of urea groups is 1. The van der Waals surface area contributed by atoms with Gasteiger partial charge in [-0.1, -0.05) is 29.8 Å². The second-order valence-corrected chi connectivity index (χ2v) is 6.54. The Labute approximate surface area is 143 Å². The molecular formula is C16H18ClN3O2S. The van der Waals surface area contributed by atoms with Crippen molar-refractivity contribution in [1.29, 1.82) is 0 Å². The molecule has 0 spiro atoms. The zero-order valence-corrected chi connectivity index (χ0v) is 14.2. The van der Waals surface area contributed by atoms with E-state index in [4.69, 9.17) is 17.3 Å². The molecule has 3 amide bonds. The standard InChI is InChI=1S/C16H18ClN3O2S/c1-10(11-4-6-12(17)7-5-11)19-15(21)9-13(20-16(18)22)14-3-2-8-23-14/h2-8,10,13H,9H2,1H3,(H,19,21)(H3,18,20,22). The van der Waals surface area contributed by atoms with Gasteiger partial charge in [0.15, 0.2) is 0 Å². The van der Waals surface area contributed by atoms with Gasteiger partial charge in [0.25, 0.3) is 0 Å². The molecule has 4 N–H and O–H groups in total. The van der Waals surface area contributed by atoms with Crippen molar-refractivity contribution in [1.82, 2.24) is 10.6 Å². The molecule has 0 aliphatic heterocycles. The number of carbonyl (C=O) groups is 2. The van der Waals surface area contributed by atoms with Crippen molar-refractivity contribution in [3.05, 3.63) is 57.2 Å². The van der Waals surface area contributed by atoms with E-state index in [1.807, 2.05) is 36.6 Å². The number of rotatable bonds is 6. The first-order valence-electron chi connectivity index (χ1n) is 7.10. The van der Waals surface area contributed by atoms with Gasteiger partial charge in [0, 0.05) is 9.90 Å². The van der Waals surface area contributed by atoms with Crippen molar-refractivity contribution in [2.45, 2.75) is 25.4 Å². The number of hydrogen-bond acceptors (Lipinski definition) is 3. The lowest BCUT2D eigenvalue weighted by molar-refractivity contribution is -0.122. The smallest absolute Gasteiger partial charge is 0.312 e. The Bertz CT molecular complexity index is 658. The number of hydrogen-bond donors (Lipinski definition) is 3. The first-order chi connectivity index (χ1) is 11.0. The summed E-state index contributed by atoms with van der Waals surface area (Å²) in [5.74, 6) is -0.167. The van der Waals surface area contributed by atoms with Crippen LogP contribution in [0.25, 0.3) is 0 Å². The van der Waals surface area contributed by atoms with Crippen molar-refractivity contribution in [2.24, 2.45) is 5.73 Å². The Kier molecular flexibility index (Phi) is 6.01. The monoisotopic (exact) mass is 351 g/mol. The number of amides is 3. The van der Waals surface area contributed by atoms with Gasteiger partial charge in [-0.3, -0.25) is 4.79 Å². The predicted molar refractivity (Wildman–Crippen MR) is 92.4 cm³/mol. The summed E-state index contributed by atoms with van der Waals surface area (Å²) in [6, 6.07) is 9.79. The molecule has 1 aromatic heterocycles. The lowest BCUT2D eigenvalue weighted by Crippen LogP contribution is -2.36. The van der Waals surface area contributed by atoms with Crippen LogP contribution < -0.4 is 16.4 Å².